The van der Waals surface area contributed by atoms with Gasteiger partial charge in [-0.3, -0.25) is 9.59 Å². The third-order valence-electron chi connectivity index (χ3n) is 4.72. The van der Waals surface area contributed by atoms with E-state index in [2.05, 4.69) is 0 Å². The van der Waals surface area contributed by atoms with Crippen molar-refractivity contribution in [3.05, 3.63) is 35.9 Å². The normalized spacial score (nSPS) is 30.2. The number of rotatable bonds is 4. The molecule has 0 aromatic heterocycles. The lowest BCUT2D eigenvalue weighted by Gasteiger charge is -2.43. The third-order valence-corrected chi connectivity index (χ3v) is 4.72. The van der Waals surface area contributed by atoms with Crippen LogP contribution in [0.3, 0.4) is 0 Å². The predicted molar refractivity (Wildman–Crippen MR) is 84.4 cm³/mol. The fourth-order valence-corrected chi connectivity index (χ4v) is 3.80. The summed E-state index contributed by atoms with van der Waals surface area (Å²) >= 11 is 0. The molecule has 2 saturated heterocycles. The van der Waals surface area contributed by atoms with Crippen molar-refractivity contribution in [1.82, 2.24) is 4.90 Å². The zero-order valence-corrected chi connectivity index (χ0v) is 13.7. The predicted octanol–water partition coefficient (Wildman–Crippen LogP) is 2.67. The van der Waals surface area contributed by atoms with Gasteiger partial charge in [0.15, 0.2) is 0 Å². The zero-order chi connectivity index (χ0) is 16.4. The standard InChI is InChI=1S/C18H23NO4/c1-3-22-17(21)10-13-9-16(20)19-15(12-23-18(19,2)11-13)14-7-5-4-6-8-14/h4-8,13,15H,3,9-12H2,1-2H3/t13-,15+,18+/m1/s1. The maximum atomic E-state index is 12.7. The molecule has 2 aliphatic rings. The summed E-state index contributed by atoms with van der Waals surface area (Å²) in [4.78, 5) is 26.3. The highest BCUT2D eigenvalue weighted by Crippen LogP contribution is 2.45. The Balaban J connectivity index is 1.75. The van der Waals surface area contributed by atoms with E-state index >= 15 is 0 Å². The summed E-state index contributed by atoms with van der Waals surface area (Å²) in [5.41, 5.74) is 0.459. The Kier molecular flexibility index (Phi) is 4.39. The number of piperidine rings is 1. The van der Waals surface area contributed by atoms with Crippen molar-refractivity contribution in [2.75, 3.05) is 13.2 Å². The van der Waals surface area contributed by atoms with Crippen molar-refractivity contribution in [3.63, 3.8) is 0 Å². The number of ether oxygens (including phenoxy) is 2. The van der Waals surface area contributed by atoms with E-state index < -0.39 is 5.72 Å². The van der Waals surface area contributed by atoms with Crippen molar-refractivity contribution >= 4 is 11.9 Å². The first-order valence-electron chi connectivity index (χ1n) is 8.20. The van der Waals surface area contributed by atoms with Crippen LogP contribution in [-0.4, -0.2) is 35.7 Å². The van der Waals surface area contributed by atoms with Crippen molar-refractivity contribution in [3.8, 4) is 0 Å². The highest BCUT2D eigenvalue weighted by atomic mass is 16.5. The van der Waals surface area contributed by atoms with Gasteiger partial charge in [-0.2, -0.15) is 0 Å². The number of fused-ring (bicyclic) bond motifs is 1. The van der Waals surface area contributed by atoms with E-state index in [-0.39, 0.29) is 30.3 Å². The van der Waals surface area contributed by atoms with Crippen molar-refractivity contribution in [2.45, 2.75) is 44.9 Å². The lowest BCUT2D eigenvalue weighted by molar-refractivity contribution is -0.164. The Labute approximate surface area is 136 Å². The van der Waals surface area contributed by atoms with Crippen LogP contribution < -0.4 is 0 Å². The Morgan fingerprint density at radius 3 is 2.83 bits per heavy atom. The highest BCUT2D eigenvalue weighted by Gasteiger charge is 2.52. The number of esters is 1. The maximum Gasteiger partial charge on any atom is 0.306 e. The molecule has 2 fully saturated rings. The number of hydrogen-bond acceptors (Lipinski definition) is 4. The van der Waals surface area contributed by atoms with Crippen LogP contribution in [0.25, 0.3) is 0 Å². The topological polar surface area (TPSA) is 55.8 Å². The van der Waals surface area contributed by atoms with E-state index in [4.69, 9.17) is 9.47 Å². The Hall–Kier alpha value is -1.88. The number of hydrogen-bond donors (Lipinski definition) is 0. The second-order valence-corrected chi connectivity index (χ2v) is 6.46. The smallest absolute Gasteiger partial charge is 0.306 e. The molecule has 0 bridgehead atoms. The summed E-state index contributed by atoms with van der Waals surface area (Å²) in [7, 11) is 0. The van der Waals surface area contributed by atoms with Crippen LogP contribution in [0.4, 0.5) is 0 Å². The van der Waals surface area contributed by atoms with Gasteiger partial charge in [0.25, 0.3) is 0 Å². The summed E-state index contributed by atoms with van der Waals surface area (Å²) in [6.07, 6.45) is 1.32. The second-order valence-electron chi connectivity index (χ2n) is 6.46. The first-order valence-corrected chi connectivity index (χ1v) is 8.20. The average Bonchev–Trinajstić information content (AvgIpc) is 2.86. The molecule has 0 saturated carbocycles. The van der Waals surface area contributed by atoms with Crippen LogP contribution in [-0.2, 0) is 19.1 Å². The van der Waals surface area contributed by atoms with Gasteiger partial charge in [0.2, 0.25) is 5.91 Å². The van der Waals surface area contributed by atoms with E-state index in [0.29, 0.717) is 26.1 Å². The molecule has 2 heterocycles. The molecule has 3 rings (SSSR count). The molecule has 0 spiro atoms. The molecular weight excluding hydrogens is 294 g/mol. The Morgan fingerprint density at radius 2 is 2.13 bits per heavy atom. The minimum Gasteiger partial charge on any atom is -0.466 e. The van der Waals surface area contributed by atoms with Crippen LogP contribution in [0, 0.1) is 5.92 Å². The van der Waals surface area contributed by atoms with Crippen molar-refractivity contribution in [1.29, 1.82) is 0 Å². The molecule has 1 aromatic rings. The molecule has 0 N–H and O–H groups in total. The van der Waals surface area contributed by atoms with Gasteiger partial charge in [-0.05, 0) is 31.7 Å². The monoisotopic (exact) mass is 317 g/mol. The van der Waals surface area contributed by atoms with Crippen LogP contribution in [0.5, 0.6) is 0 Å². The number of nitrogens with zero attached hydrogens (tertiary/aromatic N) is 1. The summed E-state index contributed by atoms with van der Waals surface area (Å²) in [6, 6.07) is 9.92. The molecule has 5 nitrogen and oxygen atoms in total. The maximum absolute atomic E-state index is 12.7. The fourth-order valence-electron chi connectivity index (χ4n) is 3.80. The molecule has 1 amide bonds. The molecule has 1 aromatic carbocycles. The first kappa shape index (κ1) is 16.0. The minimum absolute atomic E-state index is 0.0164. The number of amides is 1. The lowest BCUT2D eigenvalue weighted by Crippen LogP contribution is -2.52. The van der Waals surface area contributed by atoms with Gasteiger partial charge in [-0.25, -0.2) is 0 Å². The molecule has 5 heteroatoms. The van der Waals surface area contributed by atoms with Crippen LogP contribution >= 0.6 is 0 Å². The molecule has 23 heavy (non-hydrogen) atoms. The van der Waals surface area contributed by atoms with Crippen LogP contribution in [0.1, 0.15) is 44.7 Å². The van der Waals surface area contributed by atoms with E-state index in [9.17, 15) is 9.59 Å². The van der Waals surface area contributed by atoms with Gasteiger partial charge >= 0.3 is 5.97 Å². The van der Waals surface area contributed by atoms with E-state index in [1.54, 1.807) is 6.92 Å². The second kappa shape index (κ2) is 6.32. The van der Waals surface area contributed by atoms with Crippen molar-refractivity contribution in [2.24, 2.45) is 5.92 Å². The molecule has 2 aliphatic heterocycles. The zero-order valence-electron chi connectivity index (χ0n) is 13.7. The SMILES string of the molecule is CCOC(=O)C[C@H]1CC(=O)N2[C@H](c3ccccc3)CO[C@@]2(C)C1. The third kappa shape index (κ3) is 3.11. The molecule has 3 atom stereocenters. The largest absolute Gasteiger partial charge is 0.466 e. The summed E-state index contributed by atoms with van der Waals surface area (Å²) in [5.74, 6) is -0.198. The van der Waals surface area contributed by atoms with Gasteiger partial charge in [0.05, 0.1) is 19.3 Å². The summed E-state index contributed by atoms with van der Waals surface area (Å²) in [6.45, 7) is 4.61. The molecule has 0 unspecified atom stereocenters. The van der Waals surface area contributed by atoms with Crippen molar-refractivity contribution < 1.29 is 19.1 Å². The van der Waals surface area contributed by atoms with E-state index in [0.717, 1.165) is 5.56 Å². The Morgan fingerprint density at radius 1 is 1.39 bits per heavy atom. The summed E-state index contributed by atoms with van der Waals surface area (Å²) in [5, 5.41) is 0. The first-order chi connectivity index (χ1) is 11.0. The van der Waals surface area contributed by atoms with E-state index in [1.165, 1.54) is 0 Å². The average molecular weight is 317 g/mol. The minimum atomic E-state index is -0.632. The number of carbonyl (C=O) groups excluding carboxylic acids is 2. The lowest BCUT2D eigenvalue weighted by atomic mass is 9.85. The molecular formula is C18H23NO4. The van der Waals surface area contributed by atoms with Gasteiger partial charge < -0.3 is 14.4 Å². The van der Waals surface area contributed by atoms with Gasteiger partial charge in [-0.1, -0.05) is 30.3 Å². The highest BCUT2D eigenvalue weighted by molar-refractivity contribution is 5.80. The van der Waals surface area contributed by atoms with E-state index in [1.807, 2.05) is 42.2 Å². The molecule has 0 radical (unpaired) electrons. The van der Waals surface area contributed by atoms with Crippen LogP contribution in [0.15, 0.2) is 30.3 Å². The summed E-state index contributed by atoms with van der Waals surface area (Å²) < 4.78 is 11.0. The van der Waals surface area contributed by atoms with Gasteiger partial charge in [0.1, 0.15) is 5.72 Å². The number of carbonyl (C=O) groups is 2. The molecule has 0 aliphatic carbocycles. The van der Waals surface area contributed by atoms with Crippen LogP contribution in [0.2, 0.25) is 0 Å². The van der Waals surface area contributed by atoms with Gasteiger partial charge in [-0.15, -0.1) is 0 Å². The Bertz CT molecular complexity index is 588. The quantitative estimate of drug-likeness (QED) is 0.801. The number of benzene rings is 1. The fraction of sp³-hybridized carbons (Fsp3) is 0.556. The van der Waals surface area contributed by atoms with Gasteiger partial charge in [0, 0.05) is 12.8 Å². The molecule has 124 valence electrons.